The zero-order valence-electron chi connectivity index (χ0n) is 10.7. The highest BCUT2D eigenvalue weighted by Crippen LogP contribution is 2.27. The Balaban J connectivity index is 1.74. The Morgan fingerprint density at radius 2 is 1.50 bits per heavy atom. The highest BCUT2D eigenvalue weighted by Gasteiger charge is 2.24. The Hall–Kier alpha value is -0.0800. The van der Waals surface area contributed by atoms with Gasteiger partial charge in [-0.1, -0.05) is 25.7 Å². The molecule has 0 aromatic carbocycles. The van der Waals surface area contributed by atoms with Gasteiger partial charge in [-0.25, -0.2) is 0 Å². The van der Waals surface area contributed by atoms with E-state index in [4.69, 9.17) is 5.73 Å². The summed E-state index contributed by atoms with van der Waals surface area (Å²) in [6, 6.07) is 0.918. The molecule has 2 aliphatic rings. The molecule has 1 heterocycles. The molecule has 0 unspecified atom stereocenters. The number of rotatable bonds is 3. The zero-order chi connectivity index (χ0) is 11.2. The lowest BCUT2D eigenvalue weighted by molar-refractivity contribution is 0.119. The second-order valence-electron chi connectivity index (χ2n) is 5.70. The molecule has 94 valence electrons. The predicted octanol–water partition coefficient (Wildman–Crippen LogP) is 2.77. The highest BCUT2D eigenvalue weighted by molar-refractivity contribution is 4.80. The molecule has 16 heavy (non-hydrogen) atoms. The van der Waals surface area contributed by atoms with E-state index >= 15 is 0 Å². The van der Waals surface area contributed by atoms with Crippen molar-refractivity contribution in [3.8, 4) is 0 Å². The molecule has 2 heteroatoms. The van der Waals surface area contributed by atoms with E-state index in [-0.39, 0.29) is 0 Å². The van der Waals surface area contributed by atoms with Crippen LogP contribution in [0, 0.1) is 5.92 Å². The fourth-order valence-corrected chi connectivity index (χ4v) is 3.47. The Kier molecular flexibility index (Phi) is 5.11. The van der Waals surface area contributed by atoms with Crippen LogP contribution in [0.2, 0.25) is 0 Å². The number of nitrogens with two attached hydrogens (primary N) is 1. The molecule has 0 atom stereocenters. The van der Waals surface area contributed by atoms with Crippen LogP contribution >= 0.6 is 0 Å². The Morgan fingerprint density at radius 3 is 2.06 bits per heavy atom. The van der Waals surface area contributed by atoms with Crippen molar-refractivity contribution >= 4 is 0 Å². The first-order valence-corrected chi connectivity index (χ1v) is 7.34. The molecular weight excluding hydrogens is 196 g/mol. The van der Waals surface area contributed by atoms with Gasteiger partial charge in [-0.3, -0.25) is 0 Å². The minimum Gasteiger partial charge on any atom is -0.330 e. The first-order chi connectivity index (χ1) is 7.90. The van der Waals surface area contributed by atoms with Crippen molar-refractivity contribution < 1.29 is 0 Å². The van der Waals surface area contributed by atoms with E-state index in [0.29, 0.717) is 0 Å². The van der Waals surface area contributed by atoms with Gasteiger partial charge in [0.25, 0.3) is 0 Å². The minimum absolute atomic E-state index is 0.883. The largest absolute Gasteiger partial charge is 0.330 e. The number of hydrogen-bond donors (Lipinski definition) is 1. The minimum atomic E-state index is 0.883. The number of hydrogen-bond acceptors (Lipinski definition) is 2. The second-order valence-corrected chi connectivity index (χ2v) is 5.70. The lowest BCUT2D eigenvalue weighted by Gasteiger charge is -2.37. The van der Waals surface area contributed by atoms with Gasteiger partial charge in [0.1, 0.15) is 0 Å². The lowest BCUT2D eigenvalue weighted by atomic mass is 9.92. The van der Waals surface area contributed by atoms with Crippen molar-refractivity contribution in [2.45, 2.75) is 63.8 Å². The van der Waals surface area contributed by atoms with Gasteiger partial charge in [-0.2, -0.15) is 0 Å². The summed E-state index contributed by atoms with van der Waals surface area (Å²) in [6.07, 6.45) is 12.8. The van der Waals surface area contributed by atoms with Crippen molar-refractivity contribution in [3.63, 3.8) is 0 Å². The Morgan fingerprint density at radius 1 is 0.875 bits per heavy atom. The maximum Gasteiger partial charge on any atom is 0.00952 e. The Labute approximate surface area is 101 Å². The third-order valence-electron chi connectivity index (χ3n) is 4.57. The van der Waals surface area contributed by atoms with E-state index in [2.05, 4.69) is 4.90 Å². The average molecular weight is 224 g/mol. The van der Waals surface area contributed by atoms with Crippen molar-refractivity contribution in [2.24, 2.45) is 11.7 Å². The van der Waals surface area contributed by atoms with Crippen LogP contribution < -0.4 is 5.73 Å². The second kappa shape index (κ2) is 6.61. The molecule has 2 N–H and O–H groups in total. The molecule has 2 fully saturated rings. The van der Waals surface area contributed by atoms with Crippen LogP contribution in [-0.2, 0) is 0 Å². The van der Waals surface area contributed by atoms with Gasteiger partial charge in [0.15, 0.2) is 0 Å². The van der Waals surface area contributed by atoms with Crippen molar-refractivity contribution in [1.82, 2.24) is 4.90 Å². The standard InChI is InChI=1S/C14H28N2/c15-10-7-13-8-11-16(12-9-13)14-5-3-1-2-4-6-14/h13-14H,1-12,15H2. The van der Waals surface area contributed by atoms with Crippen LogP contribution in [0.25, 0.3) is 0 Å². The van der Waals surface area contributed by atoms with Gasteiger partial charge in [-0.05, 0) is 57.7 Å². The smallest absolute Gasteiger partial charge is 0.00952 e. The maximum atomic E-state index is 5.64. The molecule has 1 saturated carbocycles. The van der Waals surface area contributed by atoms with Gasteiger partial charge in [0, 0.05) is 6.04 Å². The number of likely N-dealkylation sites (tertiary alicyclic amines) is 1. The van der Waals surface area contributed by atoms with Crippen molar-refractivity contribution in [2.75, 3.05) is 19.6 Å². The molecular formula is C14H28N2. The topological polar surface area (TPSA) is 29.3 Å². The summed E-state index contributed by atoms with van der Waals surface area (Å²) in [7, 11) is 0. The number of piperidine rings is 1. The van der Waals surface area contributed by atoms with Crippen LogP contribution in [0.1, 0.15) is 57.8 Å². The molecule has 2 rings (SSSR count). The fourth-order valence-electron chi connectivity index (χ4n) is 3.47. The van der Waals surface area contributed by atoms with Gasteiger partial charge in [0.05, 0.1) is 0 Å². The predicted molar refractivity (Wildman–Crippen MR) is 69.5 cm³/mol. The van der Waals surface area contributed by atoms with Gasteiger partial charge in [0.2, 0.25) is 0 Å². The summed E-state index contributed by atoms with van der Waals surface area (Å²) in [5, 5.41) is 0. The summed E-state index contributed by atoms with van der Waals surface area (Å²) >= 11 is 0. The van der Waals surface area contributed by atoms with Gasteiger partial charge in [-0.15, -0.1) is 0 Å². The molecule has 0 aromatic heterocycles. The average Bonchev–Trinajstić information content (AvgIpc) is 2.59. The Bertz CT molecular complexity index is 177. The van der Waals surface area contributed by atoms with Crippen LogP contribution in [0.15, 0.2) is 0 Å². The van der Waals surface area contributed by atoms with Crippen molar-refractivity contribution in [3.05, 3.63) is 0 Å². The molecule has 1 aliphatic carbocycles. The van der Waals surface area contributed by atoms with E-state index in [9.17, 15) is 0 Å². The molecule has 2 nitrogen and oxygen atoms in total. The molecule has 0 aromatic rings. The summed E-state index contributed by atoms with van der Waals surface area (Å²) < 4.78 is 0. The van der Waals surface area contributed by atoms with Crippen molar-refractivity contribution in [1.29, 1.82) is 0 Å². The molecule has 0 spiro atoms. The summed E-state index contributed by atoms with van der Waals surface area (Å²) in [4.78, 5) is 2.78. The van der Waals surface area contributed by atoms with Crippen LogP contribution in [0.4, 0.5) is 0 Å². The molecule has 1 saturated heterocycles. The monoisotopic (exact) mass is 224 g/mol. The van der Waals surface area contributed by atoms with Crippen LogP contribution in [0.5, 0.6) is 0 Å². The SMILES string of the molecule is NCCC1CCN(C2CCCCCC2)CC1. The van der Waals surface area contributed by atoms with Crippen LogP contribution in [-0.4, -0.2) is 30.6 Å². The highest BCUT2D eigenvalue weighted by atomic mass is 15.2. The third-order valence-corrected chi connectivity index (χ3v) is 4.57. The van der Waals surface area contributed by atoms with E-state index in [0.717, 1.165) is 18.5 Å². The van der Waals surface area contributed by atoms with Crippen LogP contribution in [0.3, 0.4) is 0 Å². The van der Waals surface area contributed by atoms with E-state index in [1.54, 1.807) is 0 Å². The zero-order valence-corrected chi connectivity index (χ0v) is 10.7. The normalized spacial score (nSPS) is 26.8. The molecule has 0 radical (unpaired) electrons. The molecule has 0 bridgehead atoms. The number of nitrogens with zero attached hydrogens (tertiary/aromatic N) is 1. The fraction of sp³-hybridized carbons (Fsp3) is 1.00. The summed E-state index contributed by atoms with van der Waals surface area (Å²) in [5.41, 5.74) is 5.64. The molecule has 0 amide bonds. The van der Waals surface area contributed by atoms with E-state index in [1.807, 2.05) is 0 Å². The summed E-state index contributed by atoms with van der Waals surface area (Å²) in [6.45, 7) is 3.57. The van der Waals surface area contributed by atoms with E-state index in [1.165, 1.54) is 70.9 Å². The van der Waals surface area contributed by atoms with Gasteiger partial charge < -0.3 is 10.6 Å². The quantitative estimate of drug-likeness (QED) is 0.747. The first kappa shape index (κ1) is 12.4. The maximum absolute atomic E-state index is 5.64. The van der Waals surface area contributed by atoms with E-state index < -0.39 is 0 Å². The molecule has 1 aliphatic heterocycles. The third kappa shape index (κ3) is 3.46. The lowest BCUT2D eigenvalue weighted by Crippen LogP contribution is -2.41. The van der Waals surface area contributed by atoms with Gasteiger partial charge >= 0.3 is 0 Å². The summed E-state index contributed by atoms with van der Waals surface area (Å²) in [5.74, 6) is 0.923. The first-order valence-electron chi connectivity index (χ1n) is 7.34.